The minimum absolute atomic E-state index is 0.303. The van der Waals surface area contributed by atoms with Gasteiger partial charge in [0.1, 0.15) is 9.84 Å². The van der Waals surface area contributed by atoms with Crippen molar-refractivity contribution in [1.29, 1.82) is 0 Å². The summed E-state index contributed by atoms with van der Waals surface area (Å²) in [6, 6.07) is 0.737. The molecule has 0 heterocycles. The highest BCUT2D eigenvalue weighted by Gasteiger charge is 2.53. The van der Waals surface area contributed by atoms with Gasteiger partial charge in [-0.3, -0.25) is 0 Å². The van der Waals surface area contributed by atoms with E-state index in [0.29, 0.717) is 16.9 Å². The van der Waals surface area contributed by atoms with E-state index in [0.717, 1.165) is 37.3 Å². The molecule has 3 saturated carbocycles. The Labute approximate surface area is 117 Å². The van der Waals surface area contributed by atoms with Gasteiger partial charge in [0.2, 0.25) is 0 Å². The normalized spacial score (nSPS) is 37.3. The summed E-state index contributed by atoms with van der Waals surface area (Å²) >= 11 is 0. The van der Waals surface area contributed by atoms with Crippen LogP contribution in [-0.2, 0) is 9.84 Å². The molecule has 0 bridgehead atoms. The second kappa shape index (κ2) is 5.03. The van der Waals surface area contributed by atoms with Crippen LogP contribution in [0.4, 0.5) is 0 Å². The number of hydrogen-bond donors (Lipinski definition) is 1. The molecule has 0 aromatic rings. The molecule has 3 fully saturated rings. The average molecular weight is 285 g/mol. The van der Waals surface area contributed by atoms with E-state index in [1.165, 1.54) is 32.1 Å². The summed E-state index contributed by atoms with van der Waals surface area (Å²) in [6.07, 6.45) is 8.24. The van der Waals surface area contributed by atoms with E-state index < -0.39 is 9.84 Å². The molecule has 0 saturated heterocycles. The second-order valence-electron chi connectivity index (χ2n) is 7.22. The van der Waals surface area contributed by atoms with Crippen LogP contribution in [-0.4, -0.2) is 32.5 Å². The largest absolute Gasteiger partial charge is 0.313 e. The van der Waals surface area contributed by atoms with E-state index in [4.69, 9.17) is 0 Å². The Morgan fingerprint density at radius 2 is 1.84 bits per heavy atom. The van der Waals surface area contributed by atoms with Gasteiger partial charge in [-0.2, -0.15) is 0 Å². The first-order valence-electron chi connectivity index (χ1n) is 7.96. The third-order valence-corrected chi connectivity index (χ3v) is 7.12. The maximum Gasteiger partial charge on any atom is 0.150 e. The molecular weight excluding hydrogens is 258 g/mol. The van der Waals surface area contributed by atoms with Crippen molar-refractivity contribution >= 4 is 9.84 Å². The van der Waals surface area contributed by atoms with Crippen molar-refractivity contribution in [1.82, 2.24) is 5.32 Å². The SMILES string of the molecule is CCCS(=O)(=O)CCC1(CNC2CC2)CC2CC2C1. The molecule has 2 unspecified atom stereocenters. The average Bonchev–Trinajstić information content (AvgIpc) is 3.26. The summed E-state index contributed by atoms with van der Waals surface area (Å²) in [5.74, 6) is 2.63. The highest BCUT2D eigenvalue weighted by Crippen LogP contribution is 2.61. The summed E-state index contributed by atoms with van der Waals surface area (Å²) in [4.78, 5) is 0. The van der Waals surface area contributed by atoms with Gasteiger partial charge in [0, 0.05) is 18.3 Å². The molecule has 0 aromatic heterocycles. The standard InChI is InChI=1S/C15H27NO2S/c1-2-6-19(17,18)7-5-15(11-16-14-3-4-14)9-12-8-13(12)10-15/h12-14,16H,2-11H2,1H3. The molecule has 19 heavy (non-hydrogen) atoms. The number of fused-ring (bicyclic) bond motifs is 1. The van der Waals surface area contributed by atoms with Crippen molar-refractivity contribution in [3.8, 4) is 0 Å². The molecule has 110 valence electrons. The molecule has 3 nitrogen and oxygen atoms in total. The van der Waals surface area contributed by atoms with Gasteiger partial charge in [0.15, 0.2) is 0 Å². The summed E-state index contributed by atoms with van der Waals surface area (Å²) in [7, 11) is -2.81. The topological polar surface area (TPSA) is 46.2 Å². The van der Waals surface area contributed by atoms with E-state index in [9.17, 15) is 8.42 Å². The van der Waals surface area contributed by atoms with Crippen molar-refractivity contribution in [2.75, 3.05) is 18.1 Å². The van der Waals surface area contributed by atoms with Crippen molar-refractivity contribution in [3.63, 3.8) is 0 Å². The van der Waals surface area contributed by atoms with Crippen molar-refractivity contribution in [2.45, 2.75) is 57.9 Å². The minimum Gasteiger partial charge on any atom is -0.313 e. The minimum atomic E-state index is -2.81. The Bertz CT molecular complexity index is 417. The van der Waals surface area contributed by atoms with Crippen LogP contribution in [0.2, 0.25) is 0 Å². The maximum atomic E-state index is 12.0. The second-order valence-corrected chi connectivity index (χ2v) is 9.52. The monoisotopic (exact) mass is 285 g/mol. The van der Waals surface area contributed by atoms with Crippen molar-refractivity contribution in [2.24, 2.45) is 17.3 Å². The zero-order valence-corrected chi connectivity index (χ0v) is 12.8. The highest BCUT2D eigenvalue weighted by molar-refractivity contribution is 7.91. The fourth-order valence-corrected chi connectivity index (χ4v) is 5.45. The number of nitrogens with one attached hydrogen (secondary N) is 1. The molecule has 3 aliphatic rings. The molecule has 0 aliphatic heterocycles. The Morgan fingerprint density at radius 3 is 2.42 bits per heavy atom. The van der Waals surface area contributed by atoms with Crippen molar-refractivity contribution < 1.29 is 8.42 Å². The molecule has 3 aliphatic carbocycles. The molecular formula is C15H27NO2S. The molecule has 4 heteroatoms. The van der Waals surface area contributed by atoms with Crippen LogP contribution in [0.25, 0.3) is 0 Å². The van der Waals surface area contributed by atoms with Gasteiger partial charge in [0.05, 0.1) is 5.75 Å². The molecule has 1 N–H and O–H groups in total. The van der Waals surface area contributed by atoms with E-state index >= 15 is 0 Å². The van der Waals surface area contributed by atoms with Crippen LogP contribution in [0.3, 0.4) is 0 Å². The fourth-order valence-electron chi connectivity index (χ4n) is 3.88. The van der Waals surface area contributed by atoms with Crippen LogP contribution in [0, 0.1) is 17.3 Å². The van der Waals surface area contributed by atoms with Gasteiger partial charge < -0.3 is 5.32 Å². The Kier molecular flexibility index (Phi) is 3.67. The third kappa shape index (κ3) is 3.52. The molecule has 0 spiro atoms. The summed E-state index contributed by atoms with van der Waals surface area (Å²) in [5.41, 5.74) is 0.303. The van der Waals surface area contributed by atoms with Crippen LogP contribution >= 0.6 is 0 Å². The molecule has 0 aromatic carbocycles. The Morgan fingerprint density at radius 1 is 1.16 bits per heavy atom. The first-order valence-corrected chi connectivity index (χ1v) is 9.78. The summed E-state index contributed by atoms with van der Waals surface area (Å²) in [6.45, 7) is 3.01. The number of sulfone groups is 1. The molecule has 0 amide bonds. The van der Waals surface area contributed by atoms with Gasteiger partial charge in [0.25, 0.3) is 0 Å². The van der Waals surface area contributed by atoms with Crippen LogP contribution < -0.4 is 5.32 Å². The molecule has 0 radical (unpaired) electrons. The van der Waals surface area contributed by atoms with Gasteiger partial charge in [-0.1, -0.05) is 6.92 Å². The maximum absolute atomic E-state index is 12.0. The number of rotatable bonds is 8. The lowest BCUT2D eigenvalue weighted by atomic mass is 9.80. The van der Waals surface area contributed by atoms with Gasteiger partial charge >= 0.3 is 0 Å². The molecule has 3 rings (SSSR count). The van der Waals surface area contributed by atoms with Crippen LogP contribution in [0.15, 0.2) is 0 Å². The third-order valence-electron chi connectivity index (χ3n) is 5.26. The first kappa shape index (κ1) is 13.9. The highest BCUT2D eigenvalue weighted by atomic mass is 32.2. The van der Waals surface area contributed by atoms with Gasteiger partial charge in [-0.05, 0) is 62.2 Å². The molecule has 2 atom stereocenters. The number of hydrogen-bond acceptors (Lipinski definition) is 3. The quantitative estimate of drug-likeness (QED) is 0.745. The predicted molar refractivity (Wildman–Crippen MR) is 77.9 cm³/mol. The van der Waals surface area contributed by atoms with Gasteiger partial charge in [-0.25, -0.2) is 8.42 Å². The van der Waals surface area contributed by atoms with E-state index in [1.807, 2.05) is 6.92 Å². The smallest absolute Gasteiger partial charge is 0.150 e. The van der Waals surface area contributed by atoms with E-state index in [1.54, 1.807) is 0 Å². The van der Waals surface area contributed by atoms with Crippen molar-refractivity contribution in [3.05, 3.63) is 0 Å². The Hall–Kier alpha value is -0.0900. The predicted octanol–water partition coefficient (Wildman–Crippen LogP) is 2.37. The lowest BCUT2D eigenvalue weighted by molar-refractivity contribution is 0.240. The lowest BCUT2D eigenvalue weighted by Gasteiger charge is -2.31. The fraction of sp³-hybridized carbons (Fsp3) is 1.00. The van der Waals surface area contributed by atoms with Crippen LogP contribution in [0.1, 0.15) is 51.9 Å². The van der Waals surface area contributed by atoms with Crippen LogP contribution in [0.5, 0.6) is 0 Å². The van der Waals surface area contributed by atoms with E-state index in [-0.39, 0.29) is 0 Å². The van der Waals surface area contributed by atoms with E-state index in [2.05, 4.69) is 5.32 Å². The first-order chi connectivity index (χ1) is 9.02. The zero-order chi connectivity index (χ0) is 13.5. The summed E-state index contributed by atoms with van der Waals surface area (Å²) < 4.78 is 23.9. The summed E-state index contributed by atoms with van der Waals surface area (Å²) in [5, 5.41) is 3.65. The lowest BCUT2D eigenvalue weighted by Crippen LogP contribution is -2.36. The van der Waals surface area contributed by atoms with Gasteiger partial charge in [-0.15, -0.1) is 0 Å². The zero-order valence-electron chi connectivity index (χ0n) is 12.0. The Balaban J connectivity index is 1.56.